The molecule has 4 aromatic rings. The van der Waals surface area contributed by atoms with E-state index in [0.717, 1.165) is 47.0 Å². The summed E-state index contributed by atoms with van der Waals surface area (Å²) in [6.45, 7) is 2.77. The molecule has 0 fully saturated rings. The number of aromatic amines is 1. The summed E-state index contributed by atoms with van der Waals surface area (Å²) in [5.74, 6) is 0.478. The smallest absolute Gasteiger partial charge is 0.262 e. The number of fused-ring (bicyclic) bond motifs is 4. The van der Waals surface area contributed by atoms with Crippen LogP contribution in [0.3, 0.4) is 0 Å². The van der Waals surface area contributed by atoms with E-state index in [4.69, 9.17) is 0 Å². The Bertz CT molecular complexity index is 1300. The number of benzene rings is 1. The van der Waals surface area contributed by atoms with Gasteiger partial charge in [0.05, 0.1) is 11.7 Å². The van der Waals surface area contributed by atoms with Crippen LogP contribution in [-0.4, -0.2) is 27.0 Å². The molecular weight excluding hydrogens is 396 g/mol. The fraction of sp³-hybridized carbons (Fsp3) is 0.348. The Morgan fingerprint density at radius 1 is 1.37 bits per heavy atom. The van der Waals surface area contributed by atoms with E-state index in [1.165, 1.54) is 26.7 Å². The van der Waals surface area contributed by atoms with Gasteiger partial charge in [0, 0.05) is 28.5 Å². The molecule has 6 nitrogen and oxygen atoms in total. The second kappa shape index (κ2) is 7.72. The van der Waals surface area contributed by atoms with Crippen molar-refractivity contribution in [1.29, 1.82) is 0 Å². The van der Waals surface area contributed by atoms with Crippen molar-refractivity contribution in [3.05, 3.63) is 63.1 Å². The minimum Gasteiger partial charge on any atom is -0.361 e. The number of hydrogen-bond acceptors (Lipinski definition) is 4. The molecule has 154 valence electrons. The van der Waals surface area contributed by atoms with Crippen LogP contribution >= 0.6 is 11.3 Å². The Balaban J connectivity index is 1.28. The van der Waals surface area contributed by atoms with E-state index < -0.39 is 0 Å². The van der Waals surface area contributed by atoms with E-state index in [-0.39, 0.29) is 18.0 Å². The lowest BCUT2D eigenvalue weighted by atomic mass is 9.89. The average molecular weight is 421 g/mol. The summed E-state index contributed by atoms with van der Waals surface area (Å²) in [4.78, 5) is 35.3. The number of H-pyrrole nitrogens is 1. The number of aryl methyl sites for hydroxylation is 1. The molecule has 1 amide bonds. The van der Waals surface area contributed by atoms with E-state index in [1.807, 2.05) is 24.4 Å². The summed E-state index contributed by atoms with van der Waals surface area (Å²) in [5.41, 5.74) is 3.32. The van der Waals surface area contributed by atoms with Crippen LogP contribution in [0.15, 0.2) is 41.6 Å². The van der Waals surface area contributed by atoms with Gasteiger partial charge in [-0.1, -0.05) is 25.1 Å². The first-order chi connectivity index (χ1) is 14.6. The summed E-state index contributed by atoms with van der Waals surface area (Å²) in [7, 11) is 0. The predicted octanol–water partition coefficient (Wildman–Crippen LogP) is 3.42. The number of thiophene rings is 1. The topological polar surface area (TPSA) is 79.8 Å². The molecule has 1 aliphatic rings. The van der Waals surface area contributed by atoms with Gasteiger partial charge in [-0.3, -0.25) is 14.2 Å². The Hall–Kier alpha value is -2.93. The van der Waals surface area contributed by atoms with Crippen molar-refractivity contribution in [2.45, 2.75) is 39.2 Å². The molecule has 1 aliphatic carbocycles. The first-order valence-electron chi connectivity index (χ1n) is 10.4. The van der Waals surface area contributed by atoms with Gasteiger partial charge < -0.3 is 10.3 Å². The van der Waals surface area contributed by atoms with Crippen LogP contribution in [-0.2, 0) is 30.6 Å². The van der Waals surface area contributed by atoms with Crippen LogP contribution in [0.2, 0.25) is 0 Å². The number of carbonyl (C=O) groups excluding carboxylic acids is 1. The van der Waals surface area contributed by atoms with Gasteiger partial charge in [0.2, 0.25) is 5.91 Å². The lowest BCUT2D eigenvalue weighted by Crippen LogP contribution is -2.33. The van der Waals surface area contributed by atoms with Crippen LogP contribution in [0, 0.1) is 5.92 Å². The van der Waals surface area contributed by atoms with Gasteiger partial charge in [-0.05, 0) is 48.8 Å². The van der Waals surface area contributed by atoms with Gasteiger partial charge >= 0.3 is 0 Å². The molecule has 1 aromatic carbocycles. The second-order valence-electron chi connectivity index (χ2n) is 8.17. The van der Waals surface area contributed by atoms with Crippen LogP contribution in [0.4, 0.5) is 0 Å². The average Bonchev–Trinajstić information content (AvgIpc) is 3.31. The summed E-state index contributed by atoms with van der Waals surface area (Å²) < 4.78 is 1.44. The molecule has 2 N–H and O–H groups in total. The molecule has 7 heteroatoms. The minimum absolute atomic E-state index is 0.00329. The molecule has 5 rings (SSSR count). The number of para-hydroxylation sites is 1. The summed E-state index contributed by atoms with van der Waals surface area (Å²) in [6, 6.07) is 8.12. The molecule has 1 unspecified atom stereocenters. The molecule has 0 saturated heterocycles. The van der Waals surface area contributed by atoms with Crippen molar-refractivity contribution in [2.24, 2.45) is 5.92 Å². The predicted molar refractivity (Wildman–Crippen MR) is 120 cm³/mol. The van der Waals surface area contributed by atoms with E-state index >= 15 is 0 Å². The molecule has 0 bridgehead atoms. The minimum atomic E-state index is -0.171. The van der Waals surface area contributed by atoms with Crippen molar-refractivity contribution < 1.29 is 4.79 Å². The Kier molecular flexibility index (Phi) is 4.90. The van der Waals surface area contributed by atoms with E-state index in [1.54, 1.807) is 11.3 Å². The van der Waals surface area contributed by atoms with Crippen LogP contribution in [0.1, 0.15) is 29.3 Å². The molecule has 3 aromatic heterocycles. The van der Waals surface area contributed by atoms with E-state index in [2.05, 4.69) is 28.3 Å². The van der Waals surface area contributed by atoms with Crippen molar-refractivity contribution >= 4 is 38.4 Å². The van der Waals surface area contributed by atoms with Gasteiger partial charge in [0.15, 0.2) is 0 Å². The van der Waals surface area contributed by atoms with Gasteiger partial charge in [-0.25, -0.2) is 4.98 Å². The Labute approximate surface area is 178 Å². The molecule has 1 atom stereocenters. The SMILES string of the molecule is CC1CCc2c(sc3ncn(CC(=O)NCCc4c[nH]c5ccccc45)c(=O)c23)C1. The number of carbonyl (C=O) groups is 1. The van der Waals surface area contributed by atoms with Gasteiger partial charge in [-0.15, -0.1) is 11.3 Å². The number of aromatic nitrogens is 3. The van der Waals surface area contributed by atoms with Gasteiger partial charge in [0.1, 0.15) is 11.4 Å². The normalized spacial score (nSPS) is 16.1. The van der Waals surface area contributed by atoms with Gasteiger partial charge in [-0.2, -0.15) is 0 Å². The third-order valence-electron chi connectivity index (χ3n) is 5.99. The molecule has 0 spiro atoms. The molecule has 0 radical (unpaired) electrons. The fourth-order valence-corrected chi connectivity index (χ4v) is 5.71. The number of hydrogen-bond donors (Lipinski definition) is 2. The standard InChI is InChI=1S/C23H24N4O2S/c1-14-6-7-17-19(10-14)30-22-21(17)23(29)27(13-26-22)12-20(28)24-9-8-15-11-25-18-5-3-2-4-16(15)18/h2-5,11,13-14,25H,6-10,12H2,1H3,(H,24,28). The molecule has 0 aliphatic heterocycles. The molecule has 30 heavy (non-hydrogen) atoms. The summed E-state index contributed by atoms with van der Waals surface area (Å²) >= 11 is 1.63. The van der Waals surface area contributed by atoms with E-state index in [0.29, 0.717) is 12.5 Å². The maximum atomic E-state index is 13.0. The Morgan fingerprint density at radius 3 is 3.13 bits per heavy atom. The zero-order chi connectivity index (χ0) is 20.7. The monoisotopic (exact) mass is 420 g/mol. The number of amides is 1. The van der Waals surface area contributed by atoms with Crippen LogP contribution < -0.4 is 10.9 Å². The Morgan fingerprint density at radius 2 is 2.23 bits per heavy atom. The molecular formula is C23H24N4O2S. The zero-order valence-electron chi connectivity index (χ0n) is 16.9. The maximum absolute atomic E-state index is 13.0. The third kappa shape index (κ3) is 3.43. The van der Waals surface area contributed by atoms with Crippen LogP contribution in [0.25, 0.3) is 21.1 Å². The van der Waals surface area contributed by atoms with Crippen molar-refractivity contribution in [3.63, 3.8) is 0 Å². The first kappa shape index (κ1) is 19.1. The number of nitrogens with one attached hydrogen (secondary N) is 2. The quantitative estimate of drug-likeness (QED) is 0.519. The highest BCUT2D eigenvalue weighted by Crippen LogP contribution is 2.35. The fourth-order valence-electron chi connectivity index (χ4n) is 4.36. The van der Waals surface area contributed by atoms with Crippen molar-refractivity contribution in [3.8, 4) is 0 Å². The lowest BCUT2D eigenvalue weighted by Gasteiger charge is -2.17. The van der Waals surface area contributed by atoms with Crippen LogP contribution in [0.5, 0.6) is 0 Å². The second-order valence-corrected chi connectivity index (χ2v) is 9.25. The first-order valence-corrected chi connectivity index (χ1v) is 11.2. The molecule has 0 saturated carbocycles. The maximum Gasteiger partial charge on any atom is 0.262 e. The van der Waals surface area contributed by atoms with Crippen molar-refractivity contribution in [1.82, 2.24) is 19.9 Å². The lowest BCUT2D eigenvalue weighted by molar-refractivity contribution is -0.121. The third-order valence-corrected chi connectivity index (χ3v) is 7.15. The van der Waals surface area contributed by atoms with Crippen molar-refractivity contribution in [2.75, 3.05) is 6.54 Å². The highest BCUT2D eigenvalue weighted by molar-refractivity contribution is 7.18. The highest BCUT2D eigenvalue weighted by Gasteiger charge is 2.23. The van der Waals surface area contributed by atoms with E-state index in [9.17, 15) is 9.59 Å². The number of nitrogens with zero attached hydrogens (tertiary/aromatic N) is 2. The zero-order valence-corrected chi connectivity index (χ0v) is 17.7. The number of rotatable bonds is 5. The summed E-state index contributed by atoms with van der Waals surface area (Å²) in [6.07, 6.45) is 7.27. The highest BCUT2D eigenvalue weighted by atomic mass is 32.1. The van der Waals surface area contributed by atoms with Gasteiger partial charge in [0.25, 0.3) is 5.56 Å². The summed E-state index contributed by atoms with van der Waals surface area (Å²) in [5, 5.41) is 4.83. The molecule has 3 heterocycles. The largest absolute Gasteiger partial charge is 0.361 e.